The van der Waals surface area contributed by atoms with Gasteiger partial charge >= 0.3 is 6.09 Å². The van der Waals surface area contributed by atoms with E-state index in [0.29, 0.717) is 43.5 Å². The summed E-state index contributed by atoms with van der Waals surface area (Å²) in [5.41, 5.74) is 6.93. The molecule has 1 heterocycles. The molecular formula is C31H46N4O6. The van der Waals surface area contributed by atoms with Crippen molar-refractivity contribution < 1.29 is 29.0 Å². The molecule has 2 rings (SSSR count). The van der Waals surface area contributed by atoms with Crippen LogP contribution in [0.4, 0.5) is 4.79 Å². The Morgan fingerprint density at radius 2 is 1.85 bits per heavy atom. The van der Waals surface area contributed by atoms with Crippen molar-refractivity contribution in [2.45, 2.75) is 66.1 Å². The Morgan fingerprint density at radius 1 is 1.17 bits per heavy atom. The Balaban J connectivity index is 2.47. The van der Waals surface area contributed by atoms with Crippen LogP contribution in [0.1, 0.15) is 53.9 Å². The van der Waals surface area contributed by atoms with Gasteiger partial charge in [-0.05, 0) is 58.7 Å². The number of nitrogens with one attached hydrogen (secondary N) is 2. The van der Waals surface area contributed by atoms with Gasteiger partial charge in [-0.25, -0.2) is 4.79 Å². The molecule has 41 heavy (non-hydrogen) atoms. The first-order valence-corrected chi connectivity index (χ1v) is 14.1. The lowest BCUT2D eigenvalue weighted by Crippen LogP contribution is -2.37. The molecule has 5 unspecified atom stereocenters. The highest BCUT2D eigenvalue weighted by Crippen LogP contribution is 2.27. The molecule has 0 radical (unpaired) electrons. The van der Waals surface area contributed by atoms with Crippen LogP contribution in [0.5, 0.6) is 0 Å². The maximum absolute atomic E-state index is 13.5. The Hall–Kier alpha value is -3.50. The number of hydrogen-bond donors (Lipinski definition) is 4. The van der Waals surface area contributed by atoms with Crippen LogP contribution in [0, 0.1) is 17.8 Å². The summed E-state index contributed by atoms with van der Waals surface area (Å²) in [4.78, 5) is 53.1. The number of nitrogens with two attached hydrogens (primary N) is 1. The van der Waals surface area contributed by atoms with E-state index in [9.17, 15) is 24.3 Å². The number of likely N-dealkylation sites (N-methyl/N-ethyl adjacent to an activating group) is 1. The van der Waals surface area contributed by atoms with Gasteiger partial charge in [-0.3, -0.25) is 14.4 Å². The number of carbonyl (C=O) groups is 4. The number of ketones is 2. The zero-order valence-corrected chi connectivity index (χ0v) is 25.3. The lowest BCUT2D eigenvalue weighted by molar-refractivity contribution is -0.120. The number of fused-ring (bicyclic) bond motifs is 2. The quantitative estimate of drug-likeness (QED) is 0.291. The minimum atomic E-state index is -0.905. The van der Waals surface area contributed by atoms with Gasteiger partial charge in [0.1, 0.15) is 6.10 Å². The molecule has 1 aliphatic carbocycles. The molecular weight excluding hydrogens is 524 g/mol. The number of nitrogens with zero attached hydrogens (tertiary/aromatic N) is 1. The lowest BCUT2D eigenvalue weighted by atomic mass is 9.85. The minimum absolute atomic E-state index is 0.0624. The fourth-order valence-electron chi connectivity index (χ4n) is 5.03. The second-order valence-electron chi connectivity index (χ2n) is 11.4. The highest BCUT2D eigenvalue weighted by Gasteiger charge is 2.30. The number of carbonyl (C=O) groups excluding carboxylic acids is 4. The minimum Gasteiger partial charge on any atom is -0.441 e. The smallest absolute Gasteiger partial charge is 0.405 e. The summed E-state index contributed by atoms with van der Waals surface area (Å²) >= 11 is 0. The molecule has 2 aliphatic rings. The molecule has 1 aliphatic heterocycles. The Kier molecular flexibility index (Phi) is 12.7. The Labute approximate surface area is 243 Å². The van der Waals surface area contributed by atoms with Crippen molar-refractivity contribution in [1.82, 2.24) is 15.5 Å². The van der Waals surface area contributed by atoms with E-state index in [4.69, 9.17) is 10.5 Å². The van der Waals surface area contributed by atoms with Crippen LogP contribution in [0.25, 0.3) is 0 Å². The van der Waals surface area contributed by atoms with E-state index < -0.39 is 30.0 Å². The van der Waals surface area contributed by atoms with Crippen molar-refractivity contribution in [3.63, 3.8) is 0 Å². The molecule has 0 aromatic rings. The molecule has 10 nitrogen and oxygen atoms in total. The van der Waals surface area contributed by atoms with E-state index in [1.54, 1.807) is 25.2 Å². The topological polar surface area (TPSA) is 151 Å². The van der Waals surface area contributed by atoms with Crippen LogP contribution >= 0.6 is 0 Å². The summed E-state index contributed by atoms with van der Waals surface area (Å²) in [5, 5.41) is 16.8. The van der Waals surface area contributed by atoms with Gasteiger partial charge in [-0.15, -0.1) is 0 Å². The molecule has 5 atom stereocenters. The van der Waals surface area contributed by atoms with Crippen LogP contribution in [0.15, 0.2) is 58.5 Å². The summed E-state index contributed by atoms with van der Waals surface area (Å²) in [6, 6.07) is 0. The maximum atomic E-state index is 13.5. The van der Waals surface area contributed by atoms with Gasteiger partial charge in [0, 0.05) is 42.1 Å². The van der Waals surface area contributed by atoms with Gasteiger partial charge in [0.2, 0.25) is 11.6 Å². The van der Waals surface area contributed by atoms with Crippen molar-refractivity contribution in [1.29, 1.82) is 0 Å². The maximum Gasteiger partial charge on any atom is 0.405 e. The second kappa shape index (κ2) is 15.5. The van der Waals surface area contributed by atoms with Crippen LogP contribution in [0.3, 0.4) is 0 Å². The number of aliphatic hydroxyl groups excluding tert-OH is 1. The van der Waals surface area contributed by atoms with Gasteiger partial charge < -0.3 is 31.1 Å². The van der Waals surface area contributed by atoms with Crippen molar-refractivity contribution in [3.8, 4) is 0 Å². The first-order valence-electron chi connectivity index (χ1n) is 14.1. The number of primary amides is 1. The summed E-state index contributed by atoms with van der Waals surface area (Å²) in [7, 11) is 3.83. The Bertz CT molecular complexity index is 1160. The Morgan fingerprint density at radius 3 is 2.49 bits per heavy atom. The second-order valence-corrected chi connectivity index (χ2v) is 11.4. The van der Waals surface area contributed by atoms with Crippen LogP contribution in [-0.2, 0) is 19.1 Å². The third-order valence-electron chi connectivity index (χ3n) is 7.47. The summed E-state index contributed by atoms with van der Waals surface area (Å²) in [5.74, 6) is -1.93. The number of rotatable bonds is 5. The number of Topliss-reactive ketones (excluding diaryl/α,β-unsaturated/α-hetero) is 1. The molecule has 0 saturated carbocycles. The van der Waals surface area contributed by atoms with Crippen molar-refractivity contribution >= 4 is 23.6 Å². The number of aliphatic hydroxyl groups is 1. The van der Waals surface area contributed by atoms with E-state index >= 15 is 0 Å². The van der Waals surface area contributed by atoms with Crippen LogP contribution < -0.4 is 16.4 Å². The van der Waals surface area contributed by atoms with Gasteiger partial charge in [0.25, 0.3) is 5.91 Å². The first-order chi connectivity index (χ1) is 19.2. The molecule has 0 saturated heterocycles. The summed E-state index contributed by atoms with van der Waals surface area (Å²) < 4.78 is 5.40. The first kappa shape index (κ1) is 33.7. The molecule has 0 fully saturated rings. The molecule has 5 N–H and O–H groups in total. The highest BCUT2D eigenvalue weighted by molar-refractivity contribution is 6.23. The zero-order chi connectivity index (χ0) is 30.9. The molecule has 10 heteroatoms. The van der Waals surface area contributed by atoms with Gasteiger partial charge in [0.05, 0.1) is 17.5 Å². The van der Waals surface area contributed by atoms with Gasteiger partial charge in [-0.2, -0.15) is 0 Å². The van der Waals surface area contributed by atoms with Gasteiger partial charge in [0.15, 0.2) is 0 Å². The summed E-state index contributed by atoms with van der Waals surface area (Å²) in [6.45, 7) is 10.3. The van der Waals surface area contributed by atoms with E-state index in [0.717, 1.165) is 5.57 Å². The highest BCUT2D eigenvalue weighted by atomic mass is 16.6. The average molecular weight is 571 g/mol. The van der Waals surface area contributed by atoms with Gasteiger partial charge in [-0.1, -0.05) is 45.1 Å². The predicted octanol–water partition coefficient (Wildman–Crippen LogP) is 2.91. The molecule has 0 aromatic heterocycles. The monoisotopic (exact) mass is 570 g/mol. The SMILES string of the molecule is C/C1=C/C=C\C(C)C(OC(N)=O)/C(C)=C\C(C)C(O)C(C)CCCC2=C(NCCN(C)C)C(=O)C=C(NC1=O)C2=O. The number of ether oxygens (including phenoxy) is 1. The summed E-state index contributed by atoms with van der Waals surface area (Å²) in [6.07, 6.45) is 7.29. The largest absolute Gasteiger partial charge is 0.441 e. The van der Waals surface area contributed by atoms with E-state index in [1.807, 2.05) is 52.8 Å². The third kappa shape index (κ3) is 9.82. The number of amides is 2. The normalized spacial score (nSPS) is 30.5. The zero-order valence-electron chi connectivity index (χ0n) is 25.3. The van der Waals surface area contributed by atoms with E-state index in [2.05, 4.69) is 10.6 Å². The number of hydrogen-bond acceptors (Lipinski definition) is 8. The fourth-order valence-corrected chi connectivity index (χ4v) is 5.03. The van der Waals surface area contributed by atoms with Crippen LogP contribution in [-0.4, -0.2) is 73.0 Å². The molecule has 226 valence electrons. The average Bonchev–Trinajstić information content (AvgIpc) is 2.89. The van der Waals surface area contributed by atoms with E-state index in [1.165, 1.54) is 6.08 Å². The molecule has 2 bridgehead atoms. The fraction of sp³-hybridized carbons (Fsp3) is 0.548. The molecule has 0 aromatic carbocycles. The standard InChI is InChI=1S/C31H46N4O6/c1-18-10-9-13-23-26(33-14-15-35(6)7)25(36)17-24(28(23)38)34-30(39)20(3)12-8-11-19(2)29(41-31(32)40)22(5)16-21(4)27(18)37/h8,11-12,16-19,21,27,29,33,37H,9-10,13-15H2,1-7H3,(H2,32,40)(H,34,39)/b11-8-,20-12-,22-16-. The molecule has 0 spiro atoms. The van der Waals surface area contributed by atoms with Crippen molar-refractivity contribution in [2.75, 3.05) is 27.2 Å². The third-order valence-corrected chi connectivity index (χ3v) is 7.47. The molecule has 2 amide bonds. The van der Waals surface area contributed by atoms with E-state index in [-0.39, 0.29) is 34.9 Å². The van der Waals surface area contributed by atoms with Crippen LogP contribution in [0.2, 0.25) is 0 Å². The number of allylic oxidation sites excluding steroid dienone is 4. The van der Waals surface area contributed by atoms with Crippen molar-refractivity contribution in [3.05, 3.63) is 58.5 Å². The predicted molar refractivity (Wildman–Crippen MR) is 158 cm³/mol. The lowest BCUT2D eigenvalue weighted by Gasteiger charge is -2.27. The van der Waals surface area contributed by atoms with Crippen molar-refractivity contribution in [2.24, 2.45) is 23.5 Å².